The van der Waals surface area contributed by atoms with Crippen molar-refractivity contribution in [2.45, 2.75) is 45.1 Å². The van der Waals surface area contributed by atoms with Crippen LogP contribution < -0.4 is 5.32 Å². The van der Waals surface area contributed by atoms with Crippen LogP contribution in [-0.4, -0.2) is 60.4 Å². The molecule has 1 saturated heterocycles. The Labute approximate surface area is 191 Å². The largest absolute Gasteiger partial charge is 0.354 e. The van der Waals surface area contributed by atoms with Crippen molar-refractivity contribution in [2.24, 2.45) is 5.92 Å². The van der Waals surface area contributed by atoms with Gasteiger partial charge in [0, 0.05) is 38.3 Å². The van der Waals surface area contributed by atoms with Crippen LogP contribution in [0.5, 0.6) is 0 Å². The van der Waals surface area contributed by atoms with E-state index >= 15 is 0 Å². The average molecular weight is 434 g/mol. The molecular weight excluding hydrogens is 398 g/mol. The number of hydrogen-bond donors (Lipinski definition) is 1. The molecule has 4 rings (SSSR count). The van der Waals surface area contributed by atoms with Crippen LogP contribution in [0.25, 0.3) is 0 Å². The first kappa shape index (κ1) is 22.5. The summed E-state index contributed by atoms with van der Waals surface area (Å²) in [7, 11) is 0. The van der Waals surface area contributed by atoms with E-state index in [1.807, 2.05) is 54.3 Å². The zero-order valence-electron chi connectivity index (χ0n) is 19.1. The Morgan fingerprint density at radius 1 is 0.938 bits per heavy atom. The summed E-state index contributed by atoms with van der Waals surface area (Å²) in [5, 5.41) is 3.21. The minimum absolute atomic E-state index is 0.0788. The third kappa shape index (κ3) is 5.57. The quantitative estimate of drug-likeness (QED) is 0.725. The van der Waals surface area contributed by atoms with Gasteiger partial charge < -0.3 is 10.2 Å². The van der Waals surface area contributed by atoms with E-state index in [4.69, 9.17) is 0 Å². The summed E-state index contributed by atoms with van der Waals surface area (Å²) in [4.78, 5) is 30.4. The predicted molar refractivity (Wildman–Crippen MR) is 128 cm³/mol. The van der Waals surface area contributed by atoms with E-state index < -0.39 is 0 Å². The molecule has 2 aromatic rings. The van der Waals surface area contributed by atoms with E-state index in [9.17, 15) is 9.59 Å². The summed E-state index contributed by atoms with van der Waals surface area (Å²) in [6.45, 7) is 5.55. The van der Waals surface area contributed by atoms with E-state index in [1.54, 1.807) is 0 Å². The number of carbonyl (C=O) groups excluding carboxylic acids is 2. The minimum atomic E-state index is -0.0788. The number of nitrogens with zero attached hydrogens (tertiary/aromatic N) is 2. The number of aryl methyl sites for hydroxylation is 1. The van der Waals surface area contributed by atoms with E-state index in [0.717, 1.165) is 43.5 Å². The minimum Gasteiger partial charge on any atom is -0.354 e. The van der Waals surface area contributed by atoms with E-state index in [2.05, 4.69) is 22.3 Å². The number of carbonyl (C=O) groups is 2. The summed E-state index contributed by atoms with van der Waals surface area (Å²) in [5.41, 5.74) is 3.15. The van der Waals surface area contributed by atoms with Gasteiger partial charge in [-0.05, 0) is 49.8 Å². The highest BCUT2D eigenvalue weighted by Gasteiger charge is 2.37. The SMILES string of the molecule is Cc1ccc(C(=O)N2CCN([C@@H](C(=O)NCCc3ccccc3)C3CCCC3)CC2)cc1. The van der Waals surface area contributed by atoms with Gasteiger partial charge in [-0.3, -0.25) is 14.5 Å². The van der Waals surface area contributed by atoms with Gasteiger partial charge in [0.25, 0.3) is 5.91 Å². The molecule has 1 heterocycles. The normalized spacial score (nSPS) is 18.5. The molecule has 0 unspecified atom stereocenters. The van der Waals surface area contributed by atoms with Crippen molar-refractivity contribution in [3.63, 3.8) is 0 Å². The molecule has 5 heteroatoms. The lowest BCUT2D eigenvalue weighted by molar-refractivity contribution is -0.129. The summed E-state index contributed by atoms with van der Waals surface area (Å²) < 4.78 is 0. The molecule has 0 bridgehead atoms. The fourth-order valence-electron chi connectivity index (χ4n) is 5.11. The number of benzene rings is 2. The zero-order chi connectivity index (χ0) is 22.3. The molecule has 1 atom stereocenters. The molecule has 1 aliphatic carbocycles. The average Bonchev–Trinajstić information content (AvgIpc) is 3.35. The smallest absolute Gasteiger partial charge is 0.253 e. The lowest BCUT2D eigenvalue weighted by Gasteiger charge is -2.40. The van der Waals surface area contributed by atoms with Gasteiger partial charge in [0.2, 0.25) is 5.91 Å². The Kier molecular flexibility index (Phi) is 7.59. The van der Waals surface area contributed by atoms with Gasteiger partial charge in [-0.25, -0.2) is 0 Å². The van der Waals surface area contributed by atoms with Crippen LogP contribution in [0.1, 0.15) is 47.2 Å². The topological polar surface area (TPSA) is 52.7 Å². The molecule has 0 aromatic heterocycles. The lowest BCUT2D eigenvalue weighted by Crippen LogP contribution is -2.58. The van der Waals surface area contributed by atoms with Gasteiger partial charge in [0.05, 0.1) is 6.04 Å². The lowest BCUT2D eigenvalue weighted by atomic mass is 9.94. The summed E-state index contributed by atoms with van der Waals surface area (Å²) >= 11 is 0. The van der Waals surface area contributed by atoms with Crippen LogP contribution in [-0.2, 0) is 11.2 Å². The molecule has 2 aliphatic rings. The molecular formula is C27H35N3O2. The number of amides is 2. The van der Waals surface area contributed by atoms with Gasteiger partial charge in [-0.1, -0.05) is 60.9 Å². The molecule has 0 spiro atoms. The summed E-state index contributed by atoms with van der Waals surface area (Å²) in [6, 6.07) is 18.0. The van der Waals surface area contributed by atoms with E-state index in [-0.39, 0.29) is 17.9 Å². The Morgan fingerprint density at radius 2 is 1.59 bits per heavy atom. The number of piperazine rings is 1. The monoisotopic (exact) mass is 433 g/mol. The fraction of sp³-hybridized carbons (Fsp3) is 0.481. The van der Waals surface area contributed by atoms with Gasteiger partial charge in [-0.2, -0.15) is 0 Å². The highest BCUT2D eigenvalue weighted by Crippen LogP contribution is 2.31. The molecule has 2 amide bonds. The molecule has 2 aromatic carbocycles. The van der Waals surface area contributed by atoms with Crippen LogP contribution in [0.2, 0.25) is 0 Å². The van der Waals surface area contributed by atoms with E-state index in [0.29, 0.717) is 25.6 Å². The molecule has 5 nitrogen and oxygen atoms in total. The summed E-state index contributed by atoms with van der Waals surface area (Å²) in [5.74, 6) is 0.673. The standard InChI is InChI=1S/C27H35N3O2/c1-21-11-13-24(14-12-21)27(32)30-19-17-29(18-20-30)25(23-9-5-6-10-23)26(31)28-16-15-22-7-3-2-4-8-22/h2-4,7-8,11-14,23,25H,5-6,9-10,15-20H2,1H3,(H,28,31)/t25-/m1/s1. The molecule has 0 radical (unpaired) electrons. The second-order valence-corrected chi connectivity index (χ2v) is 9.21. The van der Waals surface area contributed by atoms with Crippen LogP contribution in [0.3, 0.4) is 0 Å². The van der Waals surface area contributed by atoms with Gasteiger partial charge >= 0.3 is 0 Å². The highest BCUT2D eigenvalue weighted by molar-refractivity contribution is 5.94. The van der Waals surface area contributed by atoms with Crippen molar-refractivity contribution in [2.75, 3.05) is 32.7 Å². The van der Waals surface area contributed by atoms with Gasteiger partial charge in [0.15, 0.2) is 0 Å². The molecule has 170 valence electrons. The summed E-state index contributed by atoms with van der Waals surface area (Å²) in [6.07, 6.45) is 5.52. The molecule has 32 heavy (non-hydrogen) atoms. The first-order valence-corrected chi connectivity index (χ1v) is 12.0. The zero-order valence-corrected chi connectivity index (χ0v) is 19.1. The number of hydrogen-bond acceptors (Lipinski definition) is 3. The van der Waals surface area contributed by atoms with Crippen LogP contribution in [0.4, 0.5) is 0 Å². The number of nitrogens with one attached hydrogen (secondary N) is 1. The third-order valence-corrected chi connectivity index (χ3v) is 6.96. The predicted octanol–water partition coefficient (Wildman–Crippen LogP) is 3.67. The van der Waals surface area contributed by atoms with Crippen LogP contribution in [0, 0.1) is 12.8 Å². The molecule has 1 N–H and O–H groups in total. The fourth-order valence-corrected chi connectivity index (χ4v) is 5.11. The third-order valence-electron chi connectivity index (χ3n) is 6.96. The van der Waals surface area contributed by atoms with Crippen molar-refractivity contribution < 1.29 is 9.59 Å². The van der Waals surface area contributed by atoms with Gasteiger partial charge in [0.1, 0.15) is 0 Å². The first-order chi connectivity index (χ1) is 15.6. The van der Waals surface area contributed by atoms with Crippen molar-refractivity contribution in [1.82, 2.24) is 15.1 Å². The first-order valence-electron chi connectivity index (χ1n) is 12.0. The Morgan fingerprint density at radius 3 is 2.25 bits per heavy atom. The maximum atomic E-state index is 13.3. The molecule has 1 saturated carbocycles. The van der Waals surface area contributed by atoms with Gasteiger partial charge in [-0.15, -0.1) is 0 Å². The van der Waals surface area contributed by atoms with Crippen LogP contribution >= 0.6 is 0 Å². The van der Waals surface area contributed by atoms with Crippen molar-refractivity contribution >= 4 is 11.8 Å². The van der Waals surface area contributed by atoms with Crippen molar-refractivity contribution in [1.29, 1.82) is 0 Å². The second-order valence-electron chi connectivity index (χ2n) is 9.21. The molecule has 1 aliphatic heterocycles. The Bertz CT molecular complexity index is 883. The number of rotatable bonds is 7. The van der Waals surface area contributed by atoms with Crippen LogP contribution in [0.15, 0.2) is 54.6 Å². The Hall–Kier alpha value is -2.66. The van der Waals surface area contributed by atoms with Crippen molar-refractivity contribution in [3.05, 3.63) is 71.3 Å². The van der Waals surface area contributed by atoms with E-state index in [1.165, 1.54) is 18.4 Å². The molecule has 2 fully saturated rings. The maximum Gasteiger partial charge on any atom is 0.253 e. The van der Waals surface area contributed by atoms with Crippen molar-refractivity contribution in [3.8, 4) is 0 Å². The maximum absolute atomic E-state index is 13.3. The highest BCUT2D eigenvalue weighted by atomic mass is 16.2. The second kappa shape index (κ2) is 10.8. The Balaban J connectivity index is 1.34.